The molecule has 0 fully saturated rings. The number of nitrogens with one attached hydrogen (secondary N) is 1. The molecule has 5 heteroatoms. The van der Waals surface area contributed by atoms with Crippen LogP contribution in [0.1, 0.15) is 21.5 Å². The van der Waals surface area contributed by atoms with Crippen LogP contribution in [0.3, 0.4) is 0 Å². The molecule has 0 bridgehead atoms. The van der Waals surface area contributed by atoms with Gasteiger partial charge in [0.05, 0.1) is 11.4 Å². The molecule has 1 heterocycles. The topological polar surface area (TPSA) is 75.4 Å². The van der Waals surface area contributed by atoms with Crippen molar-refractivity contribution in [2.24, 2.45) is 5.73 Å². The van der Waals surface area contributed by atoms with Crippen molar-refractivity contribution in [2.45, 2.75) is 13.5 Å². The number of fused-ring (bicyclic) bond motifs is 1. The molecule has 27 heavy (non-hydrogen) atoms. The number of hydrogen-bond donors (Lipinski definition) is 2. The van der Waals surface area contributed by atoms with E-state index in [4.69, 9.17) is 5.73 Å². The second-order valence-corrected chi connectivity index (χ2v) is 6.57. The molecular weight excluding hydrogens is 338 g/mol. The van der Waals surface area contributed by atoms with E-state index < -0.39 is 6.03 Å². The first-order valence-electron chi connectivity index (χ1n) is 8.71. The van der Waals surface area contributed by atoms with Crippen LogP contribution in [0.5, 0.6) is 0 Å². The summed E-state index contributed by atoms with van der Waals surface area (Å²) in [4.78, 5) is 25.4. The Morgan fingerprint density at radius 2 is 1.67 bits per heavy atom. The third kappa shape index (κ3) is 3.04. The first kappa shape index (κ1) is 16.8. The molecule has 3 amide bonds. The van der Waals surface area contributed by atoms with Crippen LogP contribution >= 0.6 is 0 Å². The molecule has 3 N–H and O–H groups in total. The lowest BCUT2D eigenvalue weighted by Crippen LogP contribution is -2.31. The predicted molar refractivity (Wildman–Crippen MR) is 106 cm³/mol. The maximum absolute atomic E-state index is 12.1. The lowest BCUT2D eigenvalue weighted by atomic mass is 9.97. The molecule has 4 rings (SSSR count). The van der Waals surface area contributed by atoms with Gasteiger partial charge in [0.1, 0.15) is 0 Å². The Labute approximate surface area is 157 Å². The minimum atomic E-state index is -0.538. The standard InChI is InChI=1S/C22H19N3O2/c1-14-4-2-5-17(12-14)25(22(23)27)16-10-8-15(9-11-16)18-6-3-7-19-20(18)13-24-21(19)26/h2-12H,13H2,1H3,(H2,23,27)(H,24,26). The Kier molecular flexibility index (Phi) is 4.12. The van der Waals surface area contributed by atoms with E-state index in [1.807, 2.05) is 73.7 Å². The number of hydrogen-bond acceptors (Lipinski definition) is 2. The van der Waals surface area contributed by atoms with E-state index in [9.17, 15) is 9.59 Å². The molecule has 0 radical (unpaired) electrons. The van der Waals surface area contributed by atoms with Gasteiger partial charge in [-0.05, 0) is 59.5 Å². The highest BCUT2D eigenvalue weighted by Gasteiger charge is 2.22. The third-order valence-corrected chi connectivity index (χ3v) is 4.76. The molecule has 1 aliphatic rings. The van der Waals surface area contributed by atoms with Crippen molar-refractivity contribution in [1.29, 1.82) is 0 Å². The van der Waals surface area contributed by atoms with E-state index in [1.54, 1.807) is 0 Å². The lowest BCUT2D eigenvalue weighted by molar-refractivity contribution is 0.0965. The quantitative estimate of drug-likeness (QED) is 0.740. The van der Waals surface area contributed by atoms with Crippen LogP contribution in [-0.2, 0) is 6.54 Å². The van der Waals surface area contributed by atoms with Crippen LogP contribution in [-0.4, -0.2) is 11.9 Å². The molecule has 0 saturated heterocycles. The zero-order valence-electron chi connectivity index (χ0n) is 14.9. The Bertz CT molecular complexity index is 1040. The largest absolute Gasteiger partial charge is 0.351 e. The molecule has 3 aromatic carbocycles. The molecule has 0 aromatic heterocycles. The molecule has 0 unspecified atom stereocenters. The molecule has 0 atom stereocenters. The van der Waals surface area contributed by atoms with E-state index in [0.717, 1.165) is 33.5 Å². The fourth-order valence-electron chi connectivity index (χ4n) is 3.49. The lowest BCUT2D eigenvalue weighted by Gasteiger charge is -2.21. The van der Waals surface area contributed by atoms with E-state index in [1.165, 1.54) is 4.90 Å². The normalized spacial score (nSPS) is 12.4. The molecule has 1 aliphatic heterocycles. The molecular formula is C22H19N3O2. The van der Waals surface area contributed by atoms with Crippen LogP contribution < -0.4 is 16.0 Å². The number of amides is 3. The summed E-state index contributed by atoms with van der Waals surface area (Å²) in [5.74, 6) is -0.0391. The second-order valence-electron chi connectivity index (χ2n) is 6.57. The number of primary amides is 1. The van der Waals surface area contributed by atoms with Crippen molar-refractivity contribution in [1.82, 2.24) is 5.32 Å². The fourth-order valence-corrected chi connectivity index (χ4v) is 3.49. The van der Waals surface area contributed by atoms with Crippen molar-refractivity contribution in [3.05, 3.63) is 83.4 Å². The van der Waals surface area contributed by atoms with Gasteiger partial charge in [0.25, 0.3) is 5.91 Å². The summed E-state index contributed by atoms with van der Waals surface area (Å²) >= 11 is 0. The van der Waals surface area contributed by atoms with E-state index in [0.29, 0.717) is 12.2 Å². The van der Waals surface area contributed by atoms with Gasteiger partial charge in [-0.1, -0.05) is 36.4 Å². The smallest absolute Gasteiger partial charge is 0.323 e. The number of nitrogens with zero attached hydrogens (tertiary/aromatic N) is 1. The minimum absolute atomic E-state index is 0.0391. The maximum Gasteiger partial charge on any atom is 0.323 e. The number of carbonyl (C=O) groups excluding carboxylic acids is 2. The van der Waals surface area contributed by atoms with Gasteiger partial charge in [0, 0.05) is 12.1 Å². The minimum Gasteiger partial charge on any atom is -0.351 e. The zero-order chi connectivity index (χ0) is 19.0. The van der Waals surface area contributed by atoms with E-state index in [-0.39, 0.29) is 5.91 Å². The number of anilines is 2. The Hall–Kier alpha value is -3.60. The van der Waals surface area contributed by atoms with Gasteiger partial charge in [0.2, 0.25) is 0 Å². The van der Waals surface area contributed by atoms with Crippen molar-refractivity contribution in [3.8, 4) is 11.1 Å². The number of aryl methyl sites for hydroxylation is 1. The average molecular weight is 357 g/mol. The summed E-state index contributed by atoms with van der Waals surface area (Å²) in [7, 11) is 0. The molecule has 0 spiro atoms. The molecule has 5 nitrogen and oxygen atoms in total. The first-order chi connectivity index (χ1) is 13.0. The van der Waals surface area contributed by atoms with Gasteiger partial charge >= 0.3 is 6.03 Å². The van der Waals surface area contributed by atoms with Crippen LogP contribution in [0.2, 0.25) is 0 Å². The fraction of sp³-hybridized carbons (Fsp3) is 0.0909. The Morgan fingerprint density at radius 1 is 0.963 bits per heavy atom. The summed E-state index contributed by atoms with van der Waals surface area (Å²) < 4.78 is 0. The second kappa shape index (κ2) is 6.61. The summed E-state index contributed by atoms with van der Waals surface area (Å²) in [6, 6.07) is 20.4. The summed E-state index contributed by atoms with van der Waals surface area (Å²) in [5.41, 5.74) is 11.8. The van der Waals surface area contributed by atoms with Gasteiger partial charge in [-0.15, -0.1) is 0 Å². The van der Waals surface area contributed by atoms with Crippen molar-refractivity contribution in [3.63, 3.8) is 0 Å². The van der Waals surface area contributed by atoms with Gasteiger partial charge in [0.15, 0.2) is 0 Å². The number of carbonyl (C=O) groups is 2. The van der Waals surface area contributed by atoms with E-state index >= 15 is 0 Å². The summed E-state index contributed by atoms with van der Waals surface area (Å²) in [5, 5.41) is 2.86. The number of rotatable bonds is 3. The van der Waals surface area contributed by atoms with Gasteiger partial charge in [-0.2, -0.15) is 0 Å². The van der Waals surface area contributed by atoms with Crippen molar-refractivity contribution < 1.29 is 9.59 Å². The number of urea groups is 1. The third-order valence-electron chi connectivity index (χ3n) is 4.76. The highest BCUT2D eigenvalue weighted by molar-refractivity contribution is 6.01. The molecule has 3 aromatic rings. The van der Waals surface area contributed by atoms with Crippen molar-refractivity contribution >= 4 is 23.3 Å². The molecule has 0 aliphatic carbocycles. The van der Waals surface area contributed by atoms with Crippen LogP contribution in [0.15, 0.2) is 66.7 Å². The van der Waals surface area contributed by atoms with Gasteiger partial charge in [-0.25, -0.2) is 4.79 Å². The van der Waals surface area contributed by atoms with Crippen LogP contribution in [0.4, 0.5) is 16.2 Å². The highest BCUT2D eigenvalue weighted by atomic mass is 16.2. The maximum atomic E-state index is 12.1. The predicted octanol–water partition coefficient (Wildman–Crippen LogP) is 4.12. The summed E-state index contributed by atoms with van der Waals surface area (Å²) in [6.07, 6.45) is 0. The SMILES string of the molecule is Cc1cccc(N(C(N)=O)c2ccc(-c3cccc4c3CNC4=O)cc2)c1. The molecule has 0 saturated carbocycles. The zero-order valence-corrected chi connectivity index (χ0v) is 14.9. The monoisotopic (exact) mass is 357 g/mol. The molecule has 134 valence electrons. The number of benzene rings is 3. The van der Waals surface area contributed by atoms with E-state index in [2.05, 4.69) is 5.32 Å². The van der Waals surface area contributed by atoms with Crippen molar-refractivity contribution in [2.75, 3.05) is 4.90 Å². The summed E-state index contributed by atoms with van der Waals surface area (Å²) in [6.45, 7) is 2.50. The highest BCUT2D eigenvalue weighted by Crippen LogP contribution is 2.32. The Balaban J connectivity index is 1.72. The van der Waals surface area contributed by atoms with Gasteiger partial charge in [-0.3, -0.25) is 9.69 Å². The first-order valence-corrected chi connectivity index (χ1v) is 8.71. The van der Waals surface area contributed by atoms with Crippen LogP contribution in [0, 0.1) is 6.92 Å². The average Bonchev–Trinajstić information content (AvgIpc) is 3.04. The van der Waals surface area contributed by atoms with Gasteiger partial charge < -0.3 is 11.1 Å². The Morgan fingerprint density at radius 3 is 2.37 bits per heavy atom. The number of nitrogens with two attached hydrogens (primary N) is 1. The van der Waals surface area contributed by atoms with Crippen LogP contribution in [0.25, 0.3) is 11.1 Å².